The average Bonchev–Trinajstić information content (AvgIpc) is 3.01. The molecule has 2 aromatic carbocycles. The number of carbonyl (C=O) groups excluding carboxylic acids is 1. The minimum Gasteiger partial charge on any atom is -0.469 e. The van der Waals surface area contributed by atoms with Crippen LogP contribution in [0.2, 0.25) is 5.04 Å². The Morgan fingerprint density at radius 2 is 1.42 bits per heavy atom. The fourth-order valence-electron chi connectivity index (χ4n) is 4.95. The zero-order valence-electron chi connectivity index (χ0n) is 18.8. The van der Waals surface area contributed by atoms with E-state index in [4.69, 9.17) is 9.16 Å². The molecule has 1 saturated carbocycles. The first-order valence-electron chi connectivity index (χ1n) is 10.9. The normalized spacial score (nSPS) is 24.2. The Hall–Kier alpha value is -1.99. The lowest BCUT2D eigenvalue weighted by molar-refractivity contribution is -0.143. The van der Waals surface area contributed by atoms with Crippen molar-refractivity contribution in [2.75, 3.05) is 13.7 Å². The Kier molecular flexibility index (Phi) is 7.37. The molecule has 168 valence electrons. The fraction of sp³-hybridized carbons (Fsp3) is 0.480. The monoisotopic (exact) mass is 442 g/mol. The summed E-state index contributed by atoms with van der Waals surface area (Å²) in [7, 11) is -1.41. The van der Waals surface area contributed by atoms with Gasteiger partial charge in [0.25, 0.3) is 8.32 Å². The predicted octanol–water partition coefficient (Wildman–Crippen LogP) is 2.48. The highest BCUT2D eigenvalue weighted by molar-refractivity contribution is 6.99. The molecule has 1 aliphatic carbocycles. The average molecular weight is 443 g/mol. The maximum atomic E-state index is 11.9. The van der Waals surface area contributed by atoms with Gasteiger partial charge in [0.05, 0.1) is 25.7 Å². The molecule has 0 bridgehead atoms. The highest BCUT2D eigenvalue weighted by Gasteiger charge is 2.52. The van der Waals surface area contributed by atoms with Crippen LogP contribution in [0.4, 0.5) is 0 Å². The van der Waals surface area contributed by atoms with Gasteiger partial charge in [0.15, 0.2) is 0 Å². The molecular weight excluding hydrogens is 408 g/mol. The molecule has 0 aliphatic heterocycles. The van der Waals surface area contributed by atoms with Gasteiger partial charge in [0.2, 0.25) is 0 Å². The number of ether oxygens (including phenoxy) is 1. The van der Waals surface area contributed by atoms with Crippen molar-refractivity contribution < 1.29 is 24.2 Å². The number of benzene rings is 2. The Balaban J connectivity index is 2.00. The summed E-state index contributed by atoms with van der Waals surface area (Å²) in [4.78, 5) is 11.9. The van der Waals surface area contributed by atoms with E-state index in [1.807, 2.05) is 36.4 Å². The van der Waals surface area contributed by atoms with Gasteiger partial charge in [-0.05, 0) is 21.8 Å². The first-order chi connectivity index (χ1) is 14.7. The van der Waals surface area contributed by atoms with E-state index >= 15 is 0 Å². The molecule has 1 fully saturated rings. The van der Waals surface area contributed by atoms with Crippen LogP contribution in [0, 0.1) is 11.8 Å². The first kappa shape index (κ1) is 23.7. The van der Waals surface area contributed by atoms with E-state index in [1.54, 1.807) is 0 Å². The van der Waals surface area contributed by atoms with Gasteiger partial charge in [-0.25, -0.2) is 0 Å². The number of carbonyl (C=O) groups is 1. The molecule has 0 spiro atoms. The molecule has 5 nitrogen and oxygen atoms in total. The van der Waals surface area contributed by atoms with Crippen molar-refractivity contribution in [3.05, 3.63) is 60.7 Å². The summed E-state index contributed by atoms with van der Waals surface area (Å²) in [6.45, 7) is 6.87. The summed E-state index contributed by atoms with van der Waals surface area (Å²) >= 11 is 0. The van der Waals surface area contributed by atoms with Crippen molar-refractivity contribution in [2.24, 2.45) is 11.8 Å². The van der Waals surface area contributed by atoms with Crippen LogP contribution < -0.4 is 10.4 Å². The van der Waals surface area contributed by atoms with Gasteiger partial charge in [-0.1, -0.05) is 81.4 Å². The topological polar surface area (TPSA) is 76.0 Å². The summed E-state index contributed by atoms with van der Waals surface area (Å²) < 4.78 is 11.7. The summed E-state index contributed by atoms with van der Waals surface area (Å²) in [5.74, 6) is -1.11. The number of hydrogen-bond donors (Lipinski definition) is 2. The second-order valence-corrected chi connectivity index (χ2v) is 13.8. The van der Waals surface area contributed by atoms with Gasteiger partial charge in [-0.2, -0.15) is 0 Å². The number of aliphatic hydroxyl groups is 2. The summed E-state index contributed by atoms with van der Waals surface area (Å²) in [5, 5.41) is 23.3. The summed E-state index contributed by atoms with van der Waals surface area (Å²) in [6.07, 6.45) is -1.15. The van der Waals surface area contributed by atoms with Crippen LogP contribution in [0.5, 0.6) is 0 Å². The maximum Gasteiger partial charge on any atom is 0.305 e. The Morgan fingerprint density at radius 3 is 1.87 bits per heavy atom. The zero-order valence-corrected chi connectivity index (χ0v) is 19.8. The fourth-order valence-corrected chi connectivity index (χ4v) is 9.55. The molecule has 6 heteroatoms. The number of esters is 1. The highest BCUT2D eigenvalue weighted by Crippen LogP contribution is 2.40. The molecule has 0 radical (unpaired) electrons. The van der Waals surface area contributed by atoms with Gasteiger partial charge in [0, 0.05) is 18.4 Å². The summed E-state index contributed by atoms with van der Waals surface area (Å²) in [5.41, 5.74) is 0. The number of rotatable bonds is 7. The van der Waals surface area contributed by atoms with Crippen LogP contribution in [0.1, 0.15) is 33.6 Å². The largest absolute Gasteiger partial charge is 0.469 e. The number of methoxy groups -OCH3 is 1. The van der Waals surface area contributed by atoms with E-state index in [2.05, 4.69) is 45.0 Å². The Bertz CT molecular complexity index is 810. The van der Waals surface area contributed by atoms with Crippen molar-refractivity contribution in [1.29, 1.82) is 0 Å². The summed E-state index contributed by atoms with van der Waals surface area (Å²) in [6, 6.07) is 20.6. The van der Waals surface area contributed by atoms with Gasteiger partial charge >= 0.3 is 5.97 Å². The van der Waals surface area contributed by atoms with Gasteiger partial charge in [0.1, 0.15) is 0 Å². The van der Waals surface area contributed by atoms with Crippen LogP contribution in [-0.4, -0.2) is 50.4 Å². The van der Waals surface area contributed by atoms with E-state index in [0.29, 0.717) is 0 Å². The van der Waals surface area contributed by atoms with E-state index in [-0.39, 0.29) is 42.3 Å². The minimum absolute atomic E-state index is 0.0729. The zero-order chi connectivity index (χ0) is 22.6. The van der Waals surface area contributed by atoms with Crippen LogP contribution in [0.25, 0.3) is 0 Å². The Labute approximate surface area is 186 Å². The third kappa shape index (κ3) is 4.77. The standard InChI is InChI=1S/C25H34O5Si/c1-25(2,3)31(18-11-7-5-8-12-18,19-13-9-6-10-14-19)30-17-21-20(15-24(28)29-4)22(26)16-23(21)27/h5-14,20-23,26-27H,15-17H2,1-4H3/t20-,21+,22-,23+/m1/s1. The van der Waals surface area contributed by atoms with Crippen LogP contribution >= 0.6 is 0 Å². The first-order valence-corrected chi connectivity index (χ1v) is 12.8. The van der Waals surface area contributed by atoms with Crippen molar-refractivity contribution in [1.82, 2.24) is 0 Å². The molecule has 0 heterocycles. The number of hydrogen-bond acceptors (Lipinski definition) is 5. The molecule has 31 heavy (non-hydrogen) atoms. The second-order valence-electron chi connectivity index (χ2n) is 9.45. The van der Waals surface area contributed by atoms with Gasteiger partial charge in [-0.15, -0.1) is 0 Å². The molecule has 0 aromatic heterocycles. The van der Waals surface area contributed by atoms with Gasteiger partial charge in [-0.3, -0.25) is 4.79 Å². The van der Waals surface area contributed by atoms with Crippen LogP contribution in [0.15, 0.2) is 60.7 Å². The molecule has 2 N–H and O–H groups in total. The highest BCUT2D eigenvalue weighted by atomic mass is 28.4. The quantitative estimate of drug-likeness (QED) is 0.509. The maximum absolute atomic E-state index is 11.9. The molecular formula is C25H34O5Si. The lowest BCUT2D eigenvalue weighted by atomic mass is 9.91. The lowest BCUT2D eigenvalue weighted by Crippen LogP contribution is -2.67. The molecule has 2 aromatic rings. The predicted molar refractivity (Wildman–Crippen MR) is 124 cm³/mol. The smallest absolute Gasteiger partial charge is 0.305 e. The van der Waals surface area contributed by atoms with E-state index in [1.165, 1.54) is 7.11 Å². The van der Waals surface area contributed by atoms with E-state index < -0.39 is 20.5 Å². The third-order valence-corrected chi connectivity index (χ3v) is 11.6. The van der Waals surface area contributed by atoms with E-state index in [0.717, 1.165) is 10.4 Å². The van der Waals surface area contributed by atoms with Crippen molar-refractivity contribution in [3.8, 4) is 0 Å². The number of aliphatic hydroxyl groups excluding tert-OH is 2. The molecule has 0 unspecified atom stereocenters. The Morgan fingerprint density at radius 1 is 0.935 bits per heavy atom. The molecule has 1 aliphatic rings. The second kappa shape index (κ2) is 9.65. The van der Waals surface area contributed by atoms with Gasteiger partial charge < -0.3 is 19.4 Å². The van der Waals surface area contributed by atoms with Crippen LogP contribution in [0.3, 0.4) is 0 Å². The molecule has 4 atom stereocenters. The SMILES string of the molecule is COC(=O)C[C@@H]1[C@H](CO[Si](c2ccccc2)(c2ccccc2)C(C)(C)C)[C@@H](O)C[C@H]1O. The van der Waals surface area contributed by atoms with Crippen molar-refractivity contribution >= 4 is 24.7 Å². The van der Waals surface area contributed by atoms with Crippen molar-refractivity contribution in [2.45, 2.75) is 50.9 Å². The molecule has 0 saturated heterocycles. The third-order valence-electron chi connectivity index (χ3n) is 6.56. The van der Waals surface area contributed by atoms with E-state index in [9.17, 15) is 15.0 Å². The van der Waals surface area contributed by atoms with Crippen molar-refractivity contribution in [3.63, 3.8) is 0 Å². The molecule has 0 amide bonds. The lowest BCUT2D eigenvalue weighted by Gasteiger charge is -2.44. The minimum atomic E-state index is -2.76. The molecule has 3 rings (SSSR count). The van der Waals surface area contributed by atoms with Crippen LogP contribution in [-0.2, 0) is 14.0 Å².